The molecule has 3 N–H and O–H groups in total. The number of H-pyrrole nitrogens is 1. The van der Waals surface area contributed by atoms with Crippen LogP contribution >= 0.6 is 0 Å². The molecule has 1 amide bonds. The maximum atomic E-state index is 11.2. The number of primary amides is 1. The molecule has 0 aliphatic carbocycles. The summed E-state index contributed by atoms with van der Waals surface area (Å²) in [5, 5.41) is 14.9. The van der Waals surface area contributed by atoms with Crippen molar-refractivity contribution < 1.29 is 9.21 Å². The van der Waals surface area contributed by atoms with Crippen molar-refractivity contribution in [2.75, 3.05) is 13.1 Å². The zero-order valence-electron chi connectivity index (χ0n) is 12.7. The summed E-state index contributed by atoms with van der Waals surface area (Å²) in [7, 11) is 0. The van der Waals surface area contributed by atoms with Crippen molar-refractivity contribution in [3.05, 3.63) is 29.2 Å². The van der Waals surface area contributed by atoms with Gasteiger partial charge in [0.05, 0.1) is 6.04 Å². The number of hydrogen-bond acceptors (Lipinski definition) is 6. The molecule has 0 radical (unpaired) electrons. The van der Waals surface area contributed by atoms with E-state index in [0.29, 0.717) is 17.7 Å². The van der Waals surface area contributed by atoms with Gasteiger partial charge in [-0.3, -0.25) is 14.8 Å². The smallest absolute Gasteiger partial charge is 0.269 e. The molecule has 0 bridgehead atoms. The molecular weight excluding hydrogens is 284 g/mol. The Morgan fingerprint density at radius 2 is 2.36 bits per heavy atom. The topological polar surface area (TPSA) is 114 Å². The number of nitrogens with zero attached hydrogens (tertiary/aromatic N) is 4. The second-order valence-electron chi connectivity index (χ2n) is 5.74. The normalized spacial score (nSPS) is 20.9. The minimum absolute atomic E-state index is 0.0718. The van der Waals surface area contributed by atoms with Crippen LogP contribution in [0.15, 0.2) is 10.5 Å². The van der Waals surface area contributed by atoms with Gasteiger partial charge in [0.15, 0.2) is 0 Å². The average Bonchev–Trinajstić information content (AvgIpc) is 3.15. The molecular formula is C14H20N6O2. The minimum Gasteiger partial charge on any atom is -0.424 e. The molecule has 2 aromatic rings. The first kappa shape index (κ1) is 14.7. The first-order chi connectivity index (χ1) is 10.5. The molecule has 1 saturated heterocycles. The molecule has 2 atom stereocenters. The van der Waals surface area contributed by atoms with Crippen LogP contribution in [0.25, 0.3) is 0 Å². The quantitative estimate of drug-likeness (QED) is 0.875. The highest BCUT2D eigenvalue weighted by atomic mass is 16.4. The number of hydrogen-bond donors (Lipinski definition) is 2. The van der Waals surface area contributed by atoms with E-state index in [0.717, 1.165) is 31.6 Å². The van der Waals surface area contributed by atoms with Crippen LogP contribution in [0, 0.1) is 6.92 Å². The zero-order valence-corrected chi connectivity index (χ0v) is 12.7. The highest BCUT2D eigenvalue weighted by Gasteiger charge is 2.29. The number of carbonyl (C=O) groups is 1. The first-order valence-corrected chi connectivity index (χ1v) is 7.43. The molecule has 0 spiro atoms. The second-order valence-corrected chi connectivity index (χ2v) is 5.74. The van der Waals surface area contributed by atoms with Crippen molar-refractivity contribution in [2.24, 2.45) is 5.73 Å². The van der Waals surface area contributed by atoms with Gasteiger partial charge in [0.2, 0.25) is 11.8 Å². The first-order valence-electron chi connectivity index (χ1n) is 7.43. The van der Waals surface area contributed by atoms with Crippen LogP contribution in [-0.4, -0.2) is 44.3 Å². The summed E-state index contributed by atoms with van der Waals surface area (Å²) in [6.07, 6.45) is 2.11. The number of carbonyl (C=O) groups excluding carboxylic acids is 1. The number of aryl methyl sites for hydroxylation is 1. The second kappa shape index (κ2) is 5.88. The summed E-state index contributed by atoms with van der Waals surface area (Å²) in [6, 6.07) is 1.82. The zero-order chi connectivity index (χ0) is 15.7. The van der Waals surface area contributed by atoms with Crippen molar-refractivity contribution in [2.45, 2.75) is 38.6 Å². The third-order valence-corrected chi connectivity index (χ3v) is 4.19. The van der Waals surface area contributed by atoms with Crippen molar-refractivity contribution in [3.8, 4) is 0 Å². The van der Waals surface area contributed by atoms with Crippen molar-refractivity contribution in [1.82, 2.24) is 25.3 Å². The molecule has 1 aliphatic heterocycles. The summed E-state index contributed by atoms with van der Waals surface area (Å²) < 4.78 is 5.53. The number of nitrogens with two attached hydrogens (primary N) is 1. The van der Waals surface area contributed by atoms with Crippen LogP contribution in [0.4, 0.5) is 0 Å². The predicted molar refractivity (Wildman–Crippen MR) is 78.1 cm³/mol. The van der Waals surface area contributed by atoms with Crippen LogP contribution in [0.2, 0.25) is 0 Å². The number of amides is 1. The largest absolute Gasteiger partial charge is 0.424 e. The van der Waals surface area contributed by atoms with Crippen LogP contribution in [-0.2, 0) is 0 Å². The lowest BCUT2D eigenvalue weighted by Crippen LogP contribution is -2.36. The van der Waals surface area contributed by atoms with Crippen LogP contribution in [0.1, 0.15) is 59.7 Å². The van der Waals surface area contributed by atoms with E-state index in [1.165, 1.54) is 0 Å². The third-order valence-electron chi connectivity index (χ3n) is 4.19. The summed E-state index contributed by atoms with van der Waals surface area (Å²) in [4.78, 5) is 13.5. The molecule has 2 aromatic heterocycles. The molecule has 1 aliphatic rings. The summed E-state index contributed by atoms with van der Waals surface area (Å²) in [5.41, 5.74) is 6.49. The minimum atomic E-state index is -0.509. The molecule has 8 heteroatoms. The standard InChI is InChI=1S/C14H20N6O2/c1-8(14-19-16-9(2)22-14)20-5-3-4-10(7-20)11-6-12(13(15)21)18-17-11/h6,8,10H,3-5,7H2,1-2H3,(H2,15,21)(H,17,18)/t8-,10-/m0/s1. The lowest BCUT2D eigenvalue weighted by atomic mass is 9.93. The van der Waals surface area contributed by atoms with Crippen molar-refractivity contribution in [1.29, 1.82) is 0 Å². The van der Waals surface area contributed by atoms with Crippen LogP contribution in [0.3, 0.4) is 0 Å². The Kier molecular flexibility index (Phi) is 3.93. The van der Waals surface area contributed by atoms with Crippen molar-refractivity contribution >= 4 is 5.91 Å². The fourth-order valence-electron chi connectivity index (χ4n) is 2.92. The Labute approximate surface area is 128 Å². The average molecular weight is 304 g/mol. The lowest BCUT2D eigenvalue weighted by molar-refractivity contribution is 0.0995. The fourth-order valence-corrected chi connectivity index (χ4v) is 2.92. The molecule has 0 aromatic carbocycles. The molecule has 118 valence electrons. The molecule has 22 heavy (non-hydrogen) atoms. The Morgan fingerprint density at radius 3 is 3.00 bits per heavy atom. The van der Waals surface area contributed by atoms with E-state index in [4.69, 9.17) is 10.2 Å². The summed E-state index contributed by atoms with van der Waals surface area (Å²) in [5.74, 6) is 1.00. The Balaban J connectivity index is 1.72. The third kappa shape index (κ3) is 2.87. The molecule has 8 nitrogen and oxygen atoms in total. The van der Waals surface area contributed by atoms with E-state index in [-0.39, 0.29) is 11.7 Å². The molecule has 0 unspecified atom stereocenters. The predicted octanol–water partition coefficient (Wildman–Crippen LogP) is 1.14. The Morgan fingerprint density at radius 1 is 1.55 bits per heavy atom. The van der Waals surface area contributed by atoms with Gasteiger partial charge in [-0.2, -0.15) is 5.10 Å². The van der Waals surface area contributed by atoms with Crippen LogP contribution in [0.5, 0.6) is 0 Å². The SMILES string of the molecule is Cc1nnc([C@H](C)N2CCC[C@H](c3cc(C(N)=O)n[nH]3)C2)o1. The number of likely N-dealkylation sites (tertiary alicyclic amines) is 1. The lowest BCUT2D eigenvalue weighted by Gasteiger charge is -2.34. The van der Waals surface area contributed by atoms with Gasteiger partial charge >= 0.3 is 0 Å². The highest BCUT2D eigenvalue weighted by Crippen LogP contribution is 2.30. The van der Waals surface area contributed by atoms with E-state index >= 15 is 0 Å². The van der Waals surface area contributed by atoms with Gasteiger partial charge in [-0.1, -0.05) is 0 Å². The fraction of sp³-hybridized carbons (Fsp3) is 0.571. The summed E-state index contributed by atoms with van der Waals surface area (Å²) in [6.45, 7) is 5.69. The van der Waals surface area contributed by atoms with Gasteiger partial charge in [0, 0.05) is 25.1 Å². The van der Waals surface area contributed by atoms with Gasteiger partial charge in [0.1, 0.15) is 5.69 Å². The van der Waals surface area contributed by atoms with Gasteiger partial charge in [0.25, 0.3) is 5.91 Å². The van der Waals surface area contributed by atoms with E-state index < -0.39 is 5.91 Å². The monoisotopic (exact) mass is 304 g/mol. The highest BCUT2D eigenvalue weighted by molar-refractivity contribution is 5.90. The molecule has 0 saturated carbocycles. The number of aromatic amines is 1. The molecule has 1 fully saturated rings. The Bertz CT molecular complexity index is 664. The number of piperidine rings is 1. The Hall–Kier alpha value is -2.22. The molecule has 3 heterocycles. The van der Waals surface area contributed by atoms with Gasteiger partial charge in [-0.05, 0) is 32.4 Å². The van der Waals surface area contributed by atoms with Crippen molar-refractivity contribution in [3.63, 3.8) is 0 Å². The molecule has 3 rings (SSSR count). The van der Waals surface area contributed by atoms with E-state index in [1.807, 2.05) is 0 Å². The van der Waals surface area contributed by atoms with Gasteiger partial charge in [-0.15, -0.1) is 10.2 Å². The number of aromatic nitrogens is 4. The van der Waals surface area contributed by atoms with E-state index in [9.17, 15) is 4.79 Å². The number of nitrogens with one attached hydrogen (secondary N) is 1. The van der Waals surface area contributed by atoms with Gasteiger partial charge < -0.3 is 10.2 Å². The number of rotatable bonds is 4. The van der Waals surface area contributed by atoms with E-state index in [1.54, 1.807) is 13.0 Å². The van der Waals surface area contributed by atoms with Gasteiger partial charge in [-0.25, -0.2) is 0 Å². The van der Waals surface area contributed by atoms with E-state index in [2.05, 4.69) is 32.2 Å². The summed E-state index contributed by atoms with van der Waals surface area (Å²) >= 11 is 0. The maximum absolute atomic E-state index is 11.2. The van der Waals surface area contributed by atoms with Crippen LogP contribution < -0.4 is 5.73 Å². The maximum Gasteiger partial charge on any atom is 0.269 e.